The minimum absolute atomic E-state index is 0.255. The third-order valence-electron chi connectivity index (χ3n) is 4.36. The van der Waals surface area contributed by atoms with Crippen molar-refractivity contribution in [2.24, 2.45) is 0 Å². The van der Waals surface area contributed by atoms with Crippen LogP contribution in [-0.4, -0.2) is 35.2 Å². The normalized spacial score (nSPS) is 18.6. The summed E-state index contributed by atoms with van der Waals surface area (Å²) in [5.74, 6) is -3.02. The van der Waals surface area contributed by atoms with E-state index in [-0.39, 0.29) is 5.56 Å². The highest BCUT2D eigenvalue weighted by Gasteiger charge is 2.49. The van der Waals surface area contributed by atoms with Crippen LogP contribution in [-0.2, 0) is 15.1 Å². The van der Waals surface area contributed by atoms with Gasteiger partial charge in [0.05, 0.1) is 5.56 Å². The fourth-order valence-corrected chi connectivity index (χ4v) is 2.83. The van der Waals surface area contributed by atoms with E-state index in [2.05, 4.69) is 10.7 Å². The average molecular weight is 384 g/mol. The van der Waals surface area contributed by atoms with Gasteiger partial charge >= 0.3 is 6.03 Å². The lowest BCUT2D eigenvalue weighted by Crippen LogP contribution is -2.48. The monoisotopic (exact) mass is 384 g/mol. The van der Waals surface area contributed by atoms with Gasteiger partial charge < -0.3 is 5.32 Å². The van der Waals surface area contributed by atoms with E-state index in [0.29, 0.717) is 5.56 Å². The van der Waals surface area contributed by atoms with E-state index >= 15 is 0 Å². The quantitative estimate of drug-likeness (QED) is 0.541. The number of hydrazine groups is 1. The van der Waals surface area contributed by atoms with Crippen molar-refractivity contribution in [3.05, 3.63) is 71.5 Å². The number of urea groups is 1. The number of rotatable bonds is 4. The van der Waals surface area contributed by atoms with E-state index in [9.17, 15) is 23.6 Å². The van der Waals surface area contributed by atoms with Crippen molar-refractivity contribution in [1.29, 1.82) is 0 Å². The van der Waals surface area contributed by atoms with Gasteiger partial charge in [0.1, 0.15) is 17.9 Å². The van der Waals surface area contributed by atoms with Crippen LogP contribution in [0.3, 0.4) is 0 Å². The molecule has 3 rings (SSSR count). The summed E-state index contributed by atoms with van der Waals surface area (Å²) >= 11 is 0. The van der Waals surface area contributed by atoms with Crippen LogP contribution in [0.15, 0.2) is 54.6 Å². The highest BCUT2D eigenvalue weighted by molar-refractivity contribution is 6.09. The van der Waals surface area contributed by atoms with Crippen molar-refractivity contribution in [3.63, 3.8) is 0 Å². The minimum Gasteiger partial charge on any atom is -0.319 e. The number of amides is 5. The van der Waals surface area contributed by atoms with E-state index in [4.69, 9.17) is 0 Å². The van der Waals surface area contributed by atoms with E-state index < -0.39 is 41.7 Å². The molecule has 0 aliphatic carbocycles. The van der Waals surface area contributed by atoms with Crippen molar-refractivity contribution in [2.75, 3.05) is 6.54 Å². The molecule has 0 aromatic heterocycles. The molecule has 1 fully saturated rings. The highest BCUT2D eigenvalue weighted by Crippen LogP contribution is 2.28. The van der Waals surface area contributed by atoms with Crippen molar-refractivity contribution in [2.45, 2.75) is 12.5 Å². The molecule has 0 saturated carbocycles. The summed E-state index contributed by atoms with van der Waals surface area (Å²) < 4.78 is 13.6. The van der Waals surface area contributed by atoms with Gasteiger partial charge in [-0.25, -0.2) is 9.18 Å². The van der Waals surface area contributed by atoms with E-state index in [1.54, 1.807) is 37.3 Å². The first-order chi connectivity index (χ1) is 13.3. The molecule has 1 atom stereocenters. The molecule has 144 valence electrons. The summed E-state index contributed by atoms with van der Waals surface area (Å²) in [5, 5.41) is 2.57. The van der Waals surface area contributed by atoms with Crippen molar-refractivity contribution < 1.29 is 23.6 Å². The maximum atomic E-state index is 13.6. The Labute approximate surface area is 159 Å². The van der Waals surface area contributed by atoms with E-state index in [0.717, 1.165) is 11.0 Å². The molecule has 28 heavy (non-hydrogen) atoms. The second-order valence-electron chi connectivity index (χ2n) is 6.29. The zero-order valence-electron chi connectivity index (χ0n) is 14.9. The summed E-state index contributed by atoms with van der Waals surface area (Å²) in [5.41, 5.74) is 3.13. The maximum absolute atomic E-state index is 13.6. The topological polar surface area (TPSA) is 108 Å². The van der Waals surface area contributed by atoms with Crippen molar-refractivity contribution in [3.8, 4) is 0 Å². The third kappa shape index (κ3) is 3.54. The lowest BCUT2D eigenvalue weighted by atomic mass is 9.92. The van der Waals surface area contributed by atoms with Gasteiger partial charge in [0.15, 0.2) is 0 Å². The summed E-state index contributed by atoms with van der Waals surface area (Å²) in [4.78, 5) is 49.6. The Balaban J connectivity index is 1.63. The lowest BCUT2D eigenvalue weighted by molar-refractivity contribution is -0.135. The molecule has 3 N–H and O–H groups in total. The van der Waals surface area contributed by atoms with Crippen LogP contribution in [0.4, 0.5) is 9.18 Å². The molecule has 0 spiro atoms. The first-order valence-electron chi connectivity index (χ1n) is 8.36. The Hall–Kier alpha value is -3.75. The summed E-state index contributed by atoms with van der Waals surface area (Å²) in [6.45, 7) is 0.936. The number of benzene rings is 2. The fourth-order valence-electron chi connectivity index (χ4n) is 2.83. The zero-order chi connectivity index (χ0) is 20.3. The number of nitrogens with one attached hydrogen (secondary N) is 3. The molecule has 1 aliphatic heterocycles. The van der Waals surface area contributed by atoms with Gasteiger partial charge in [0.25, 0.3) is 17.7 Å². The molecule has 1 aliphatic rings. The number of halogens is 1. The number of hydrogen-bond acceptors (Lipinski definition) is 4. The Morgan fingerprint density at radius 3 is 2.36 bits per heavy atom. The number of carbonyl (C=O) groups is 4. The van der Waals surface area contributed by atoms with E-state index in [1.165, 1.54) is 18.2 Å². The molecule has 1 heterocycles. The van der Waals surface area contributed by atoms with Gasteiger partial charge in [0.2, 0.25) is 0 Å². The molecule has 2 aromatic rings. The average Bonchev–Trinajstić information content (AvgIpc) is 2.91. The number of carbonyl (C=O) groups excluding carboxylic acids is 4. The predicted molar refractivity (Wildman–Crippen MR) is 96.0 cm³/mol. The van der Waals surface area contributed by atoms with Crippen LogP contribution >= 0.6 is 0 Å². The zero-order valence-corrected chi connectivity index (χ0v) is 14.9. The van der Waals surface area contributed by atoms with Crippen LogP contribution < -0.4 is 16.2 Å². The second-order valence-corrected chi connectivity index (χ2v) is 6.29. The molecular formula is C19H17FN4O4. The fraction of sp³-hybridized carbons (Fsp3) is 0.158. The SMILES string of the molecule is CC1(c2ccccc2)NC(=O)N(CC(=O)NNC(=O)c2ccccc2F)C1=O. The van der Waals surface area contributed by atoms with E-state index in [1.807, 2.05) is 5.43 Å². The first-order valence-corrected chi connectivity index (χ1v) is 8.36. The van der Waals surface area contributed by atoms with Gasteiger partial charge in [-0.2, -0.15) is 0 Å². The van der Waals surface area contributed by atoms with Crippen LogP contribution in [0, 0.1) is 5.82 Å². The summed E-state index contributed by atoms with van der Waals surface area (Å²) in [7, 11) is 0. The summed E-state index contributed by atoms with van der Waals surface area (Å²) in [6.07, 6.45) is 0. The largest absolute Gasteiger partial charge is 0.325 e. The molecule has 0 radical (unpaired) electrons. The Bertz CT molecular complexity index is 950. The predicted octanol–water partition coefficient (Wildman–Crippen LogP) is 1.05. The third-order valence-corrected chi connectivity index (χ3v) is 4.36. The molecule has 5 amide bonds. The first kappa shape index (κ1) is 19.0. The van der Waals surface area contributed by atoms with Gasteiger partial charge in [-0.05, 0) is 24.6 Å². The molecule has 8 nitrogen and oxygen atoms in total. The molecule has 1 saturated heterocycles. The summed E-state index contributed by atoms with van der Waals surface area (Å²) in [6, 6.07) is 13.1. The Kier molecular flexibility index (Phi) is 5.08. The van der Waals surface area contributed by atoms with Crippen LogP contribution in [0.1, 0.15) is 22.8 Å². The molecule has 0 bridgehead atoms. The Morgan fingerprint density at radius 1 is 1.04 bits per heavy atom. The van der Waals surface area contributed by atoms with Crippen molar-refractivity contribution >= 4 is 23.8 Å². The van der Waals surface area contributed by atoms with Crippen molar-refractivity contribution in [1.82, 2.24) is 21.1 Å². The van der Waals surface area contributed by atoms with Crippen LogP contribution in [0.2, 0.25) is 0 Å². The molecule has 1 unspecified atom stereocenters. The Morgan fingerprint density at radius 2 is 1.68 bits per heavy atom. The standard InChI is InChI=1S/C19H17FN4O4/c1-19(12-7-3-2-4-8-12)17(27)24(18(28)21-19)11-15(25)22-23-16(26)13-9-5-6-10-14(13)20/h2-10H,11H2,1H3,(H,21,28)(H,22,25)(H,23,26). The molecule has 9 heteroatoms. The van der Waals surface area contributed by atoms with Gasteiger partial charge in [-0.3, -0.25) is 30.1 Å². The molecule has 2 aromatic carbocycles. The number of hydrogen-bond donors (Lipinski definition) is 3. The second kappa shape index (κ2) is 7.47. The minimum atomic E-state index is -1.30. The smallest absolute Gasteiger partial charge is 0.319 e. The number of nitrogens with zero attached hydrogens (tertiary/aromatic N) is 1. The molecular weight excluding hydrogens is 367 g/mol. The lowest BCUT2D eigenvalue weighted by Gasteiger charge is -2.22. The highest BCUT2D eigenvalue weighted by atomic mass is 19.1. The van der Waals surface area contributed by atoms with Gasteiger partial charge in [-0.15, -0.1) is 0 Å². The van der Waals surface area contributed by atoms with Gasteiger partial charge in [-0.1, -0.05) is 42.5 Å². The van der Waals surface area contributed by atoms with Crippen LogP contribution in [0.25, 0.3) is 0 Å². The van der Waals surface area contributed by atoms with Gasteiger partial charge in [0, 0.05) is 0 Å². The number of imide groups is 1. The maximum Gasteiger partial charge on any atom is 0.325 e. The van der Waals surface area contributed by atoms with Crippen LogP contribution in [0.5, 0.6) is 0 Å².